The summed E-state index contributed by atoms with van der Waals surface area (Å²) >= 11 is 7.63. The Morgan fingerprint density at radius 3 is 2.62 bits per heavy atom. The fraction of sp³-hybridized carbons (Fsp3) is 0.263. The van der Waals surface area contributed by atoms with Gasteiger partial charge in [-0.25, -0.2) is 9.37 Å². The normalized spacial score (nSPS) is 14.8. The molecule has 0 saturated carbocycles. The summed E-state index contributed by atoms with van der Waals surface area (Å²) in [7, 11) is 0. The number of benzene rings is 2. The second kappa shape index (κ2) is 7.21. The van der Waals surface area contributed by atoms with Crippen LogP contribution in [0, 0.1) is 5.82 Å². The van der Waals surface area contributed by atoms with Gasteiger partial charge in [-0.3, -0.25) is 4.79 Å². The van der Waals surface area contributed by atoms with Crippen LogP contribution in [0.5, 0.6) is 0 Å². The van der Waals surface area contributed by atoms with Gasteiger partial charge in [0.2, 0.25) is 5.91 Å². The van der Waals surface area contributed by atoms with E-state index in [2.05, 4.69) is 9.88 Å². The smallest absolute Gasteiger partial charge is 0.227 e. The molecule has 1 aromatic heterocycles. The van der Waals surface area contributed by atoms with Crippen molar-refractivity contribution in [3.05, 3.63) is 58.9 Å². The van der Waals surface area contributed by atoms with E-state index in [1.54, 1.807) is 12.1 Å². The first-order valence-corrected chi connectivity index (χ1v) is 9.62. The molecule has 1 aliphatic heterocycles. The molecule has 0 atom stereocenters. The summed E-state index contributed by atoms with van der Waals surface area (Å²) in [5.41, 5.74) is 1.27. The van der Waals surface area contributed by atoms with Crippen molar-refractivity contribution in [2.24, 2.45) is 0 Å². The van der Waals surface area contributed by atoms with Crippen LogP contribution in [0.4, 0.5) is 9.52 Å². The predicted molar refractivity (Wildman–Crippen MR) is 104 cm³/mol. The first-order chi connectivity index (χ1) is 12.6. The molecule has 0 unspecified atom stereocenters. The van der Waals surface area contributed by atoms with Crippen molar-refractivity contribution in [2.45, 2.75) is 6.42 Å². The van der Waals surface area contributed by atoms with Gasteiger partial charge in [0.05, 0.1) is 11.1 Å². The molecule has 26 heavy (non-hydrogen) atoms. The lowest BCUT2D eigenvalue weighted by atomic mass is 10.1. The van der Waals surface area contributed by atoms with Gasteiger partial charge in [-0.15, -0.1) is 0 Å². The fourth-order valence-electron chi connectivity index (χ4n) is 3.10. The first kappa shape index (κ1) is 17.2. The molecule has 0 bridgehead atoms. The highest BCUT2D eigenvalue weighted by Gasteiger charge is 2.24. The molecule has 0 N–H and O–H groups in total. The number of hydrogen-bond donors (Lipinski definition) is 0. The molecule has 3 aromatic rings. The van der Waals surface area contributed by atoms with E-state index in [-0.39, 0.29) is 11.7 Å². The van der Waals surface area contributed by atoms with E-state index in [1.807, 2.05) is 29.2 Å². The minimum Gasteiger partial charge on any atom is -0.345 e. The van der Waals surface area contributed by atoms with E-state index in [4.69, 9.17) is 11.6 Å². The number of thiazole rings is 1. The van der Waals surface area contributed by atoms with Crippen LogP contribution in [0.15, 0.2) is 42.5 Å². The van der Waals surface area contributed by atoms with Crippen LogP contribution in [0.25, 0.3) is 10.2 Å². The molecule has 1 fully saturated rings. The first-order valence-electron chi connectivity index (χ1n) is 8.43. The van der Waals surface area contributed by atoms with Crippen LogP contribution in [0.1, 0.15) is 5.56 Å². The van der Waals surface area contributed by atoms with Crippen LogP contribution in [-0.4, -0.2) is 42.0 Å². The zero-order chi connectivity index (χ0) is 18.1. The van der Waals surface area contributed by atoms with Gasteiger partial charge in [0.25, 0.3) is 0 Å². The number of fused-ring (bicyclic) bond motifs is 1. The number of halogens is 2. The molecule has 1 aliphatic rings. The Hall–Kier alpha value is -2.18. The van der Waals surface area contributed by atoms with Crippen molar-refractivity contribution in [1.29, 1.82) is 0 Å². The molecule has 0 radical (unpaired) electrons. The molecule has 1 amide bonds. The van der Waals surface area contributed by atoms with E-state index in [0.29, 0.717) is 43.1 Å². The Labute approximate surface area is 159 Å². The highest BCUT2D eigenvalue weighted by atomic mass is 35.5. The monoisotopic (exact) mass is 389 g/mol. The van der Waals surface area contributed by atoms with Crippen molar-refractivity contribution in [3.63, 3.8) is 0 Å². The van der Waals surface area contributed by atoms with Crippen molar-refractivity contribution in [2.75, 3.05) is 31.1 Å². The molecule has 0 aliphatic carbocycles. The van der Waals surface area contributed by atoms with E-state index in [9.17, 15) is 9.18 Å². The van der Waals surface area contributed by atoms with Gasteiger partial charge >= 0.3 is 0 Å². The molecule has 2 aromatic carbocycles. The van der Waals surface area contributed by atoms with Gasteiger partial charge in [0.1, 0.15) is 11.3 Å². The second-order valence-corrected chi connectivity index (χ2v) is 7.64. The van der Waals surface area contributed by atoms with Crippen molar-refractivity contribution >= 4 is 44.2 Å². The van der Waals surface area contributed by atoms with Crippen LogP contribution >= 0.6 is 22.9 Å². The van der Waals surface area contributed by atoms with E-state index < -0.39 is 0 Å². The molecule has 134 valence electrons. The second-order valence-electron chi connectivity index (χ2n) is 6.22. The Kier molecular flexibility index (Phi) is 4.78. The summed E-state index contributed by atoms with van der Waals surface area (Å²) in [4.78, 5) is 20.9. The van der Waals surface area contributed by atoms with Gasteiger partial charge in [0.15, 0.2) is 5.13 Å². The maximum atomic E-state index is 13.8. The fourth-order valence-corrected chi connectivity index (χ4v) is 4.34. The summed E-state index contributed by atoms with van der Waals surface area (Å²) < 4.78 is 14.7. The number of rotatable bonds is 3. The lowest BCUT2D eigenvalue weighted by molar-refractivity contribution is -0.130. The predicted octanol–water partition coefficient (Wildman–Crippen LogP) is 3.98. The van der Waals surface area contributed by atoms with Gasteiger partial charge in [-0.1, -0.05) is 47.2 Å². The standard InChI is InChI=1S/C19H17ClFN3OS/c20-14-5-2-1-4-13(14)12-17(25)23-8-10-24(11-9-23)19-22-18-15(21)6-3-7-16(18)26-19/h1-7H,8-12H2. The van der Waals surface area contributed by atoms with Crippen LogP contribution < -0.4 is 4.90 Å². The Morgan fingerprint density at radius 2 is 1.88 bits per heavy atom. The molecular formula is C19H17ClFN3OS. The van der Waals surface area contributed by atoms with Crippen LogP contribution in [0.2, 0.25) is 5.02 Å². The zero-order valence-corrected chi connectivity index (χ0v) is 15.6. The summed E-state index contributed by atoms with van der Waals surface area (Å²) in [5.74, 6) is -0.216. The van der Waals surface area contributed by atoms with Crippen LogP contribution in [-0.2, 0) is 11.2 Å². The number of carbonyl (C=O) groups is 1. The Balaban J connectivity index is 1.41. The molecule has 2 heterocycles. The number of piperazine rings is 1. The van der Waals surface area contributed by atoms with Crippen molar-refractivity contribution < 1.29 is 9.18 Å². The zero-order valence-electron chi connectivity index (χ0n) is 14.0. The van der Waals surface area contributed by atoms with Crippen molar-refractivity contribution in [1.82, 2.24) is 9.88 Å². The highest BCUT2D eigenvalue weighted by Crippen LogP contribution is 2.30. The third kappa shape index (κ3) is 3.39. The minimum atomic E-state index is -0.293. The molecule has 4 rings (SSSR count). The summed E-state index contributed by atoms with van der Waals surface area (Å²) in [6.07, 6.45) is 0.312. The maximum absolute atomic E-state index is 13.8. The lowest BCUT2D eigenvalue weighted by Crippen LogP contribution is -2.49. The summed E-state index contributed by atoms with van der Waals surface area (Å²) in [5, 5.41) is 1.43. The quantitative estimate of drug-likeness (QED) is 0.679. The van der Waals surface area contributed by atoms with Crippen molar-refractivity contribution in [3.8, 4) is 0 Å². The molecular weight excluding hydrogens is 373 g/mol. The summed E-state index contributed by atoms with van der Waals surface area (Å²) in [6, 6.07) is 12.4. The number of para-hydroxylation sites is 1. The third-order valence-electron chi connectivity index (χ3n) is 4.56. The number of anilines is 1. The molecule has 1 saturated heterocycles. The number of carbonyl (C=O) groups excluding carboxylic acids is 1. The molecule has 7 heteroatoms. The average molecular weight is 390 g/mol. The molecule has 4 nitrogen and oxygen atoms in total. The highest BCUT2D eigenvalue weighted by molar-refractivity contribution is 7.22. The number of hydrogen-bond acceptors (Lipinski definition) is 4. The van der Waals surface area contributed by atoms with E-state index >= 15 is 0 Å². The topological polar surface area (TPSA) is 36.4 Å². The van der Waals surface area contributed by atoms with E-state index in [0.717, 1.165) is 15.4 Å². The van der Waals surface area contributed by atoms with Gasteiger partial charge in [0, 0.05) is 31.2 Å². The van der Waals surface area contributed by atoms with E-state index in [1.165, 1.54) is 17.4 Å². The van der Waals surface area contributed by atoms with Crippen LogP contribution in [0.3, 0.4) is 0 Å². The molecule has 0 spiro atoms. The third-order valence-corrected chi connectivity index (χ3v) is 6.01. The number of aromatic nitrogens is 1. The largest absolute Gasteiger partial charge is 0.345 e. The maximum Gasteiger partial charge on any atom is 0.227 e. The SMILES string of the molecule is O=C(Cc1ccccc1Cl)N1CCN(c2nc3c(F)cccc3s2)CC1. The van der Waals surface area contributed by atoms with Gasteiger partial charge in [-0.05, 0) is 23.8 Å². The number of nitrogens with zero attached hydrogens (tertiary/aromatic N) is 3. The number of amides is 1. The minimum absolute atomic E-state index is 0.0769. The Bertz CT molecular complexity index is 953. The Morgan fingerprint density at radius 1 is 1.12 bits per heavy atom. The lowest BCUT2D eigenvalue weighted by Gasteiger charge is -2.34. The summed E-state index contributed by atoms with van der Waals surface area (Å²) in [6.45, 7) is 2.63. The van der Waals surface area contributed by atoms with Gasteiger partial charge < -0.3 is 9.80 Å². The van der Waals surface area contributed by atoms with Gasteiger partial charge in [-0.2, -0.15) is 0 Å². The average Bonchev–Trinajstić information content (AvgIpc) is 3.09.